The van der Waals surface area contributed by atoms with Gasteiger partial charge in [-0.25, -0.2) is 5.84 Å². The summed E-state index contributed by atoms with van der Waals surface area (Å²) >= 11 is 0. The van der Waals surface area contributed by atoms with Crippen molar-refractivity contribution < 1.29 is 14.4 Å². The van der Waals surface area contributed by atoms with Crippen LogP contribution in [-0.4, -0.2) is 35.2 Å². The molecule has 6 N–H and O–H groups in total. The summed E-state index contributed by atoms with van der Waals surface area (Å²) < 4.78 is 0. The van der Waals surface area contributed by atoms with E-state index in [2.05, 4.69) is 0 Å². The molecule has 7 nitrogen and oxygen atoms in total. The van der Waals surface area contributed by atoms with Gasteiger partial charge in [-0.3, -0.25) is 19.4 Å². The van der Waals surface area contributed by atoms with Crippen LogP contribution in [0.4, 0.5) is 0 Å². The van der Waals surface area contributed by atoms with Crippen LogP contribution in [0.1, 0.15) is 32.6 Å². The summed E-state index contributed by atoms with van der Waals surface area (Å²) in [5.41, 5.74) is 10.5. The van der Waals surface area contributed by atoms with E-state index in [0.29, 0.717) is 12.8 Å². The Morgan fingerprint density at radius 3 is 2.16 bits per heavy atom. The molecule has 0 aromatic carbocycles. The molecule has 1 saturated carbocycles. The molecule has 0 saturated heterocycles. The Labute approximate surface area is 112 Å². The monoisotopic (exact) mass is 270 g/mol. The summed E-state index contributed by atoms with van der Waals surface area (Å²) in [6, 6.07) is -1.03. The van der Waals surface area contributed by atoms with E-state index in [9.17, 15) is 14.4 Å². The van der Waals surface area contributed by atoms with E-state index in [-0.39, 0.29) is 18.2 Å². The second-order valence-corrected chi connectivity index (χ2v) is 5.01. The summed E-state index contributed by atoms with van der Waals surface area (Å²) in [5, 5.41) is 0.800. The Balaban J connectivity index is 2.84. The predicted molar refractivity (Wildman–Crippen MR) is 69.2 cm³/mol. The van der Waals surface area contributed by atoms with Crippen molar-refractivity contribution in [2.45, 2.75) is 38.6 Å². The Morgan fingerprint density at radius 1 is 1.21 bits per heavy atom. The van der Waals surface area contributed by atoms with Gasteiger partial charge in [0.1, 0.15) is 11.8 Å². The molecular weight excluding hydrogens is 248 g/mol. The van der Waals surface area contributed by atoms with Crippen molar-refractivity contribution in [3.63, 3.8) is 0 Å². The Kier molecular flexibility index (Phi) is 5.44. The summed E-state index contributed by atoms with van der Waals surface area (Å²) in [7, 11) is 0. The third kappa shape index (κ3) is 3.51. The highest BCUT2D eigenvalue weighted by atomic mass is 16.2. The number of nitrogens with two attached hydrogens (primary N) is 3. The predicted octanol–water partition coefficient (Wildman–Crippen LogP) is -1.10. The lowest BCUT2D eigenvalue weighted by atomic mass is 9.76. The number of hydrazine groups is 1. The van der Waals surface area contributed by atoms with Crippen molar-refractivity contribution in [1.82, 2.24) is 5.01 Å². The number of carbonyl (C=O) groups is 3. The smallest absolute Gasteiger partial charge is 0.243 e. The van der Waals surface area contributed by atoms with E-state index < -0.39 is 23.8 Å². The number of rotatable bonds is 5. The molecule has 1 fully saturated rings. The minimum Gasteiger partial charge on any atom is -0.368 e. The molecule has 108 valence electrons. The number of hydrogen-bond acceptors (Lipinski definition) is 5. The molecule has 0 radical (unpaired) electrons. The van der Waals surface area contributed by atoms with Gasteiger partial charge in [0.2, 0.25) is 11.8 Å². The van der Waals surface area contributed by atoms with Crippen LogP contribution < -0.4 is 17.3 Å². The van der Waals surface area contributed by atoms with E-state index in [0.717, 1.165) is 17.9 Å². The summed E-state index contributed by atoms with van der Waals surface area (Å²) in [5.74, 6) is 3.69. The molecule has 1 aliphatic carbocycles. The Hall–Kier alpha value is -1.47. The van der Waals surface area contributed by atoms with Gasteiger partial charge in [-0.1, -0.05) is 12.8 Å². The fourth-order valence-corrected chi connectivity index (χ4v) is 2.62. The molecule has 2 amide bonds. The van der Waals surface area contributed by atoms with Gasteiger partial charge < -0.3 is 11.5 Å². The molecule has 1 rings (SSSR count). The SMILES string of the molecule is CC(=O)[C@@H]1CCCCC1C(=O)N(N)[C@H](CN)C(N)=O. The number of primary amides is 1. The van der Waals surface area contributed by atoms with Gasteiger partial charge in [0.05, 0.1) is 0 Å². The van der Waals surface area contributed by atoms with E-state index in [1.165, 1.54) is 6.92 Å². The lowest BCUT2D eigenvalue weighted by Crippen LogP contribution is -2.58. The highest BCUT2D eigenvalue weighted by Crippen LogP contribution is 2.32. The minimum atomic E-state index is -1.03. The molecule has 0 aromatic rings. The van der Waals surface area contributed by atoms with Crippen LogP contribution in [0.3, 0.4) is 0 Å². The van der Waals surface area contributed by atoms with E-state index >= 15 is 0 Å². The van der Waals surface area contributed by atoms with Gasteiger partial charge in [0, 0.05) is 18.4 Å². The maximum Gasteiger partial charge on any atom is 0.243 e. The number of Topliss-reactive ketones (excluding diaryl/α,β-unsaturated/α-hetero) is 1. The highest BCUT2D eigenvalue weighted by Gasteiger charge is 2.38. The van der Waals surface area contributed by atoms with E-state index in [1.807, 2.05) is 0 Å². The summed E-state index contributed by atoms with van der Waals surface area (Å²) in [6.45, 7) is 1.35. The average Bonchev–Trinajstić information content (AvgIpc) is 2.38. The third-order valence-corrected chi connectivity index (χ3v) is 3.75. The highest BCUT2D eigenvalue weighted by molar-refractivity contribution is 5.91. The second-order valence-electron chi connectivity index (χ2n) is 5.01. The minimum absolute atomic E-state index is 0.0187. The van der Waals surface area contributed by atoms with Crippen molar-refractivity contribution in [2.24, 2.45) is 29.1 Å². The van der Waals surface area contributed by atoms with Gasteiger partial charge in [0.15, 0.2) is 0 Å². The fraction of sp³-hybridized carbons (Fsp3) is 0.750. The quantitative estimate of drug-likeness (QED) is 0.331. The first-order valence-electron chi connectivity index (χ1n) is 6.47. The first kappa shape index (κ1) is 15.6. The van der Waals surface area contributed by atoms with Gasteiger partial charge in [-0.05, 0) is 19.8 Å². The number of hydrogen-bond donors (Lipinski definition) is 3. The van der Waals surface area contributed by atoms with Crippen molar-refractivity contribution in [2.75, 3.05) is 6.54 Å². The zero-order valence-electron chi connectivity index (χ0n) is 11.2. The molecular formula is C12H22N4O3. The summed E-state index contributed by atoms with van der Waals surface area (Å²) in [4.78, 5) is 35.1. The first-order chi connectivity index (χ1) is 8.90. The Bertz CT molecular complexity index is 372. The summed E-state index contributed by atoms with van der Waals surface area (Å²) in [6.07, 6.45) is 3.09. The molecule has 0 heterocycles. The molecule has 0 spiro atoms. The number of carbonyl (C=O) groups excluding carboxylic acids is 3. The van der Waals surface area contributed by atoms with Gasteiger partial charge >= 0.3 is 0 Å². The molecule has 1 unspecified atom stereocenters. The zero-order chi connectivity index (χ0) is 14.6. The first-order valence-corrected chi connectivity index (χ1v) is 6.47. The average molecular weight is 270 g/mol. The van der Waals surface area contributed by atoms with E-state index in [1.54, 1.807) is 0 Å². The molecule has 1 aliphatic rings. The maximum absolute atomic E-state index is 12.3. The molecule has 0 aliphatic heterocycles. The third-order valence-electron chi connectivity index (χ3n) is 3.75. The molecule has 0 bridgehead atoms. The van der Waals surface area contributed by atoms with Gasteiger partial charge in [-0.15, -0.1) is 0 Å². The lowest BCUT2D eigenvalue weighted by molar-refractivity contribution is -0.147. The Morgan fingerprint density at radius 2 is 1.74 bits per heavy atom. The van der Waals surface area contributed by atoms with Crippen LogP contribution in [0, 0.1) is 11.8 Å². The van der Waals surface area contributed by atoms with Crippen LogP contribution in [0.5, 0.6) is 0 Å². The lowest BCUT2D eigenvalue weighted by Gasteiger charge is -2.33. The fourth-order valence-electron chi connectivity index (χ4n) is 2.62. The molecule has 3 atom stereocenters. The number of nitrogens with zero attached hydrogens (tertiary/aromatic N) is 1. The topological polar surface area (TPSA) is 133 Å². The number of ketones is 1. The largest absolute Gasteiger partial charge is 0.368 e. The van der Waals surface area contributed by atoms with Crippen LogP contribution in [0.25, 0.3) is 0 Å². The van der Waals surface area contributed by atoms with Crippen molar-refractivity contribution in [3.05, 3.63) is 0 Å². The normalized spacial score (nSPS) is 24.6. The molecule has 0 aromatic heterocycles. The standard InChI is InChI=1S/C12H22N4O3/c1-7(17)8-4-2-3-5-9(8)12(19)16(15)10(6-13)11(14)18/h8-10H,2-6,13,15H2,1H3,(H2,14,18)/t8-,9?,10+/m0/s1. The zero-order valence-corrected chi connectivity index (χ0v) is 11.2. The molecule has 19 heavy (non-hydrogen) atoms. The van der Waals surface area contributed by atoms with Gasteiger partial charge in [0.25, 0.3) is 0 Å². The number of amides is 2. The van der Waals surface area contributed by atoms with E-state index in [4.69, 9.17) is 17.3 Å². The van der Waals surface area contributed by atoms with Crippen LogP contribution in [0.15, 0.2) is 0 Å². The van der Waals surface area contributed by atoms with Crippen molar-refractivity contribution >= 4 is 17.6 Å². The van der Waals surface area contributed by atoms with Crippen molar-refractivity contribution in [1.29, 1.82) is 0 Å². The van der Waals surface area contributed by atoms with Crippen LogP contribution in [-0.2, 0) is 14.4 Å². The van der Waals surface area contributed by atoms with Gasteiger partial charge in [-0.2, -0.15) is 0 Å². The maximum atomic E-state index is 12.3. The van der Waals surface area contributed by atoms with Crippen LogP contribution in [0.2, 0.25) is 0 Å². The van der Waals surface area contributed by atoms with Crippen molar-refractivity contribution in [3.8, 4) is 0 Å². The van der Waals surface area contributed by atoms with Crippen LogP contribution >= 0.6 is 0 Å². The second kappa shape index (κ2) is 6.63. The molecule has 7 heteroatoms.